The molecule has 16 heavy (non-hydrogen) atoms. The molecule has 0 amide bonds. The summed E-state index contributed by atoms with van der Waals surface area (Å²) in [5.41, 5.74) is 2.64. The molecule has 2 aromatic rings. The number of rotatable bonds is 2. The smallest absolute Gasteiger partial charge is 0.113 e. The monoisotopic (exact) mass is 215 g/mol. The quantitative estimate of drug-likeness (QED) is 0.830. The predicted molar refractivity (Wildman–Crippen MR) is 64.8 cm³/mol. The molecule has 3 heterocycles. The van der Waals surface area contributed by atoms with Gasteiger partial charge in [0.1, 0.15) is 5.82 Å². The summed E-state index contributed by atoms with van der Waals surface area (Å²) >= 11 is 0. The Kier molecular flexibility index (Phi) is 2.40. The van der Waals surface area contributed by atoms with E-state index in [-0.39, 0.29) is 0 Å². The lowest BCUT2D eigenvalue weighted by Crippen LogP contribution is -2.11. The molecule has 3 nitrogen and oxygen atoms in total. The van der Waals surface area contributed by atoms with Crippen molar-refractivity contribution in [2.45, 2.75) is 25.7 Å². The van der Waals surface area contributed by atoms with Crippen molar-refractivity contribution in [2.24, 2.45) is 0 Å². The van der Waals surface area contributed by atoms with Gasteiger partial charge in [-0.2, -0.15) is 0 Å². The van der Waals surface area contributed by atoms with E-state index in [1.165, 1.54) is 23.5 Å². The fourth-order valence-corrected chi connectivity index (χ4v) is 2.62. The number of fused-ring (bicyclic) bond motifs is 1. The molecule has 3 rings (SSSR count). The van der Waals surface area contributed by atoms with E-state index in [1.807, 2.05) is 6.20 Å². The average molecular weight is 215 g/mol. The van der Waals surface area contributed by atoms with Gasteiger partial charge in [-0.05, 0) is 25.1 Å². The minimum atomic E-state index is 0.642. The van der Waals surface area contributed by atoms with Crippen molar-refractivity contribution in [3.63, 3.8) is 0 Å². The zero-order chi connectivity index (χ0) is 11.0. The van der Waals surface area contributed by atoms with Crippen molar-refractivity contribution in [1.82, 2.24) is 14.7 Å². The number of imidazole rings is 1. The van der Waals surface area contributed by atoms with Gasteiger partial charge in [0.25, 0.3) is 0 Å². The average Bonchev–Trinajstić information content (AvgIpc) is 2.97. The van der Waals surface area contributed by atoms with Gasteiger partial charge in [0.2, 0.25) is 0 Å². The molecule has 0 aromatic carbocycles. The minimum Gasteiger partial charge on any atom is -0.316 e. The molecule has 1 unspecified atom stereocenters. The van der Waals surface area contributed by atoms with Gasteiger partial charge in [-0.3, -0.25) is 0 Å². The fraction of sp³-hybridized carbons (Fsp3) is 0.462. The van der Waals surface area contributed by atoms with Gasteiger partial charge in [-0.15, -0.1) is 0 Å². The topological polar surface area (TPSA) is 29.3 Å². The van der Waals surface area contributed by atoms with E-state index in [0.717, 1.165) is 19.5 Å². The maximum absolute atomic E-state index is 4.49. The highest BCUT2D eigenvalue weighted by atomic mass is 15.0. The Hall–Kier alpha value is -1.35. The van der Waals surface area contributed by atoms with E-state index in [4.69, 9.17) is 0 Å². The highest BCUT2D eigenvalue weighted by Crippen LogP contribution is 2.24. The van der Waals surface area contributed by atoms with Gasteiger partial charge < -0.3 is 9.72 Å². The molecule has 1 fully saturated rings. The van der Waals surface area contributed by atoms with Crippen molar-refractivity contribution in [2.75, 3.05) is 13.1 Å². The second kappa shape index (κ2) is 3.91. The minimum absolute atomic E-state index is 0.642. The third-order valence-electron chi connectivity index (χ3n) is 3.45. The van der Waals surface area contributed by atoms with Crippen molar-refractivity contribution in [3.8, 4) is 0 Å². The third-order valence-corrected chi connectivity index (χ3v) is 3.45. The Morgan fingerprint density at radius 2 is 2.44 bits per heavy atom. The van der Waals surface area contributed by atoms with Gasteiger partial charge in [0.15, 0.2) is 0 Å². The molecule has 1 aliphatic rings. The standard InChI is InChI=1S/C13H17N3/c1-2-13-15-9-11-4-3-5-12(16(11)13)10-6-7-14-8-10/h3-5,9-10,14H,2,6-8H2,1H3. The van der Waals surface area contributed by atoms with Crippen LogP contribution in [0.2, 0.25) is 0 Å². The molecule has 1 atom stereocenters. The summed E-state index contributed by atoms with van der Waals surface area (Å²) in [6.07, 6.45) is 4.20. The lowest BCUT2D eigenvalue weighted by molar-refractivity contribution is 0.709. The van der Waals surface area contributed by atoms with Crippen LogP contribution in [0.1, 0.15) is 30.8 Å². The van der Waals surface area contributed by atoms with Crippen LogP contribution in [-0.2, 0) is 6.42 Å². The largest absolute Gasteiger partial charge is 0.316 e. The molecule has 0 saturated carbocycles. The van der Waals surface area contributed by atoms with E-state index in [9.17, 15) is 0 Å². The number of nitrogens with zero attached hydrogens (tertiary/aromatic N) is 2. The molecule has 1 N–H and O–H groups in total. The van der Waals surface area contributed by atoms with Gasteiger partial charge in [0.05, 0.1) is 11.7 Å². The van der Waals surface area contributed by atoms with Crippen molar-refractivity contribution in [1.29, 1.82) is 0 Å². The first-order chi connectivity index (χ1) is 7.90. The van der Waals surface area contributed by atoms with Crippen LogP contribution in [-0.4, -0.2) is 22.5 Å². The lowest BCUT2D eigenvalue weighted by Gasteiger charge is -2.13. The number of aryl methyl sites for hydroxylation is 1. The summed E-state index contributed by atoms with van der Waals surface area (Å²) in [6, 6.07) is 6.52. The maximum Gasteiger partial charge on any atom is 0.113 e. The Labute approximate surface area is 95.5 Å². The number of aromatic nitrogens is 2. The van der Waals surface area contributed by atoms with E-state index < -0.39 is 0 Å². The first-order valence-electron chi connectivity index (χ1n) is 6.06. The normalized spacial score (nSPS) is 20.7. The van der Waals surface area contributed by atoms with Crippen molar-refractivity contribution in [3.05, 3.63) is 35.9 Å². The molecule has 1 saturated heterocycles. The molecule has 84 valence electrons. The number of nitrogens with one attached hydrogen (secondary N) is 1. The van der Waals surface area contributed by atoms with Gasteiger partial charge >= 0.3 is 0 Å². The van der Waals surface area contributed by atoms with Crippen LogP contribution in [0, 0.1) is 0 Å². The molecule has 0 aliphatic carbocycles. The lowest BCUT2D eigenvalue weighted by atomic mass is 10.0. The van der Waals surface area contributed by atoms with Crippen LogP contribution in [0.25, 0.3) is 5.52 Å². The third kappa shape index (κ3) is 1.43. The SMILES string of the molecule is CCc1ncc2cccc(C3CCNC3)n12. The number of hydrogen-bond donors (Lipinski definition) is 1. The van der Waals surface area contributed by atoms with E-state index in [1.54, 1.807) is 0 Å². The van der Waals surface area contributed by atoms with Gasteiger partial charge in [-0.25, -0.2) is 4.98 Å². The summed E-state index contributed by atoms with van der Waals surface area (Å²) in [5, 5.41) is 3.43. The van der Waals surface area contributed by atoms with Crippen molar-refractivity contribution < 1.29 is 0 Å². The molecule has 0 radical (unpaired) electrons. The van der Waals surface area contributed by atoms with Crippen LogP contribution in [0.3, 0.4) is 0 Å². The van der Waals surface area contributed by atoms with Crippen LogP contribution in [0.4, 0.5) is 0 Å². The van der Waals surface area contributed by atoms with Crippen molar-refractivity contribution >= 4 is 5.52 Å². The molecule has 2 aromatic heterocycles. The molecule has 0 spiro atoms. The van der Waals surface area contributed by atoms with Crippen LogP contribution in [0.15, 0.2) is 24.4 Å². The summed E-state index contributed by atoms with van der Waals surface area (Å²) in [4.78, 5) is 4.49. The van der Waals surface area contributed by atoms with Crippen LogP contribution < -0.4 is 5.32 Å². The van der Waals surface area contributed by atoms with E-state index >= 15 is 0 Å². The van der Waals surface area contributed by atoms with Crippen LogP contribution >= 0.6 is 0 Å². The Morgan fingerprint density at radius 3 is 3.19 bits per heavy atom. The molecule has 3 heteroatoms. The summed E-state index contributed by atoms with van der Waals surface area (Å²) in [6.45, 7) is 4.40. The Bertz CT molecular complexity index is 495. The molecule has 1 aliphatic heterocycles. The van der Waals surface area contributed by atoms with E-state index in [0.29, 0.717) is 5.92 Å². The Balaban J connectivity index is 2.18. The zero-order valence-corrected chi connectivity index (χ0v) is 9.61. The summed E-state index contributed by atoms with van der Waals surface area (Å²) in [5.74, 6) is 1.82. The van der Waals surface area contributed by atoms with Gasteiger partial charge in [-0.1, -0.05) is 13.0 Å². The first kappa shape index (κ1) is 9.85. The highest BCUT2D eigenvalue weighted by molar-refractivity contribution is 5.48. The second-order valence-corrected chi connectivity index (χ2v) is 4.43. The molecule has 0 bridgehead atoms. The Morgan fingerprint density at radius 1 is 1.50 bits per heavy atom. The van der Waals surface area contributed by atoms with E-state index in [2.05, 4.69) is 39.8 Å². The predicted octanol–water partition coefficient (Wildman–Crippen LogP) is 1.97. The fourth-order valence-electron chi connectivity index (χ4n) is 2.62. The zero-order valence-electron chi connectivity index (χ0n) is 9.61. The van der Waals surface area contributed by atoms with Gasteiger partial charge in [0, 0.05) is 24.6 Å². The van der Waals surface area contributed by atoms with Crippen LogP contribution in [0.5, 0.6) is 0 Å². The summed E-state index contributed by atoms with van der Waals surface area (Å²) in [7, 11) is 0. The summed E-state index contributed by atoms with van der Waals surface area (Å²) < 4.78 is 2.33. The molecular formula is C13H17N3. The highest BCUT2D eigenvalue weighted by Gasteiger charge is 2.19. The maximum atomic E-state index is 4.49. The first-order valence-corrected chi connectivity index (χ1v) is 6.06. The second-order valence-electron chi connectivity index (χ2n) is 4.43. The molecular weight excluding hydrogens is 198 g/mol. The number of hydrogen-bond acceptors (Lipinski definition) is 2. The number of pyridine rings is 1.